The van der Waals surface area contributed by atoms with Crippen LogP contribution in [0.2, 0.25) is 0 Å². The molecule has 5 nitrogen and oxygen atoms in total. The molecule has 5 heteroatoms. The Morgan fingerprint density at radius 3 is 2.06 bits per heavy atom. The van der Waals surface area contributed by atoms with Gasteiger partial charge in [-0.3, -0.25) is 0 Å². The first-order valence-electron chi connectivity index (χ1n) is 6.73. The van der Waals surface area contributed by atoms with Gasteiger partial charge in [0.2, 0.25) is 0 Å². The number of hydrogen-bond acceptors (Lipinski definition) is 2. The number of amides is 2. The molecule has 0 spiro atoms. The first kappa shape index (κ1) is 16.7. The molecule has 0 fully saturated rings. The number of nitrogens with one attached hydrogen (secondary N) is 2. The Morgan fingerprint density at radius 1 is 1.11 bits per heavy atom. The van der Waals surface area contributed by atoms with Crippen molar-refractivity contribution >= 4 is 12.0 Å². The van der Waals surface area contributed by atoms with E-state index in [2.05, 4.69) is 24.5 Å². The first-order chi connectivity index (χ1) is 8.46. The molecule has 0 aromatic carbocycles. The fourth-order valence-corrected chi connectivity index (χ4v) is 1.69. The highest BCUT2D eigenvalue weighted by molar-refractivity contribution is 5.82. The van der Waals surface area contributed by atoms with Crippen molar-refractivity contribution in [2.45, 2.75) is 53.0 Å². The number of carbonyl (C=O) groups excluding carboxylic acids is 1. The predicted octanol–water partition coefficient (Wildman–Crippen LogP) is 2.22. The third-order valence-corrected chi connectivity index (χ3v) is 3.47. The molecule has 0 heterocycles. The number of aliphatic carboxylic acids is 1. The lowest BCUT2D eigenvalue weighted by molar-refractivity contribution is -0.140. The van der Waals surface area contributed by atoms with Crippen molar-refractivity contribution in [3.8, 4) is 0 Å². The Morgan fingerprint density at radius 2 is 1.67 bits per heavy atom. The minimum absolute atomic E-state index is 0.0820. The van der Waals surface area contributed by atoms with Crippen LogP contribution in [0.4, 0.5) is 4.79 Å². The molecular weight excluding hydrogens is 232 g/mol. The molecule has 0 aliphatic rings. The molecule has 0 unspecified atom stereocenters. The van der Waals surface area contributed by atoms with Crippen LogP contribution in [0.3, 0.4) is 0 Å². The number of rotatable bonds is 8. The smallest absolute Gasteiger partial charge is 0.326 e. The van der Waals surface area contributed by atoms with E-state index in [4.69, 9.17) is 5.11 Å². The van der Waals surface area contributed by atoms with E-state index >= 15 is 0 Å². The maximum Gasteiger partial charge on any atom is 0.326 e. The number of urea groups is 1. The summed E-state index contributed by atoms with van der Waals surface area (Å²) in [5.74, 6) is -0.619. The molecule has 2 amide bonds. The quantitative estimate of drug-likeness (QED) is 0.624. The molecule has 18 heavy (non-hydrogen) atoms. The highest BCUT2D eigenvalue weighted by Gasteiger charge is 2.25. The van der Waals surface area contributed by atoms with Crippen molar-refractivity contribution in [2.24, 2.45) is 11.8 Å². The lowest BCUT2D eigenvalue weighted by atomic mass is 9.99. The molecule has 0 bridgehead atoms. The summed E-state index contributed by atoms with van der Waals surface area (Å²) >= 11 is 0. The number of carboxylic acid groups (broad SMARTS) is 1. The van der Waals surface area contributed by atoms with Crippen molar-refractivity contribution in [2.75, 3.05) is 6.54 Å². The van der Waals surface area contributed by atoms with Crippen LogP contribution >= 0.6 is 0 Å². The molecule has 0 radical (unpaired) electrons. The van der Waals surface area contributed by atoms with E-state index in [9.17, 15) is 9.59 Å². The van der Waals surface area contributed by atoms with Gasteiger partial charge in [-0.2, -0.15) is 0 Å². The number of hydrogen-bond donors (Lipinski definition) is 3. The van der Waals surface area contributed by atoms with Crippen LogP contribution in [0.25, 0.3) is 0 Å². The minimum atomic E-state index is -0.984. The van der Waals surface area contributed by atoms with Gasteiger partial charge in [-0.1, -0.05) is 47.0 Å². The average Bonchev–Trinajstić information content (AvgIpc) is 2.35. The van der Waals surface area contributed by atoms with E-state index in [0.29, 0.717) is 18.9 Å². The summed E-state index contributed by atoms with van der Waals surface area (Å²) in [5, 5.41) is 14.3. The van der Waals surface area contributed by atoms with Gasteiger partial charge in [0.25, 0.3) is 0 Å². The standard InChI is InChI=1S/C13H26N2O3/c1-5-9(4)11(12(16)17)15-13(18)14-8-10(6-2)7-3/h9-11H,5-8H2,1-4H3,(H,16,17)(H2,14,15,18)/t9-,11-/m0/s1. The molecule has 0 aliphatic heterocycles. The highest BCUT2D eigenvalue weighted by Crippen LogP contribution is 2.08. The third-order valence-electron chi connectivity index (χ3n) is 3.47. The van der Waals surface area contributed by atoms with E-state index < -0.39 is 18.0 Å². The summed E-state index contributed by atoms with van der Waals surface area (Å²) in [5.41, 5.74) is 0. The molecule has 2 atom stereocenters. The van der Waals surface area contributed by atoms with Crippen molar-refractivity contribution in [3.05, 3.63) is 0 Å². The largest absolute Gasteiger partial charge is 0.480 e. The molecule has 0 aliphatic carbocycles. The zero-order valence-corrected chi connectivity index (χ0v) is 11.8. The Bertz CT molecular complexity index is 265. The zero-order valence-electron chi connectivity index (χ0n) is 11.8. The van der Waals surface area contributed by atoms with Gasteiger partial charge in [-0.05, 0) is 11.8 Å². The van der Waals surface area contributed by atoms with Crippen LogP contribution in [0.15, 0.2) is 0 Å². The summed E-state index contributed by atoms with van der Waals surface area (Å²) < 4.78 is 0. The van der Waals surface area contributed by atoms with Crippen molar-refractivity contribution in [1.29, 1.82) is 0 Å². The molecular formula is C13H26N2O3. The lowest BCUT2D eigenvalue weighted by Crippen LogP contribution is -2.49. The van der Waals surface area contributed by atoms with E-state index in [1.807, 2.05) is 13.8 Å². The van der Waals surface area contributed by atoms with Crippen LogP contribution in [0.5, 0.6) is 0 Å². The number of carbonyl (C=O) groups is 2. The monoisotopic (exact) mass is 258 g/mol. The molecule has 3 N–H and O–H groups in total. The van der Waals surface area contributed by atoms with Gasteiger partial charge >= 0.3 is 12.0 Å². The molecule has 0 aromatic rings. The first-order valence-corrected chi connectivity index (χ1v) is 6.73. The fraction of sp³-hybridized carbons (Fsp3) is 0.846. The Labute approximate surface area is 109 Å². The average molecular weight is 258 g/mol. The predicted molar refractivity (Wildman–Crippen MR) is 71.5 cm³/mol. The summed E-state index contributed by atoms with van der Waals surface area (Å²) in [7, 11) is 0. The minimum Gasteiger partial charge on any atom is -0.480 e. The second-order valence-electron chi connectivity index (χ2n) is 4.74. The van der Waals surface area contributed by atoms with Crippen LogP contribution in [0, 0.1) is 11.8 Å². The van der Waals surface area contributed by atoms with E-state index in [1.165, 1.54) is 0 Å². The van der Waals surface area contributed by atoms with Gasteiger partial charge in [0.05, 0.1) is 0 Å². The highest BCUT2D eigenvalue weighted by atomic mass is 16.4. The molecule has 106 valence electrons. The maximum atomic E-state index is 11.6. The van der Waals surface area contributed by atoms with Gasteiger partial charge in [-0.25, -0.2) is 9.59 Å². The van der Waals surface area contributed by atoms with Crippen LogP contribution < -0.4 is 10.6 Å². The molecule has 0 aromatic heterocycles. The van der Waals surface area contributed by atoms with Gasteiger partial charge in [0.1, 0.15) is 6.04 Å². The zero-order chi connectivity index (χ0) is 14.1. The number of carboxylic acids is 1. The Hall–Kier alpha value is -1.26. The van der Waals surface area contributed by atoms with Gasteiger partial charge in [-0.15, -0.1) is 0 Å². The van der Waals surface area contributed by atoms with Crippen LogP contribution in [0.1, 0.15) is 47.0 Å². The van der Waals surface area contributed by atoms with Crippen molar-refractivity contribution in [1.82, 2.24) is 10.6 Å². The van der Waals surface area contributed by atoms with Crippen LogP contribution in [-0.2, 0) is 4.79 Å². The van der Waals surface area contributed by atoms with E-state index in [1.54, 1.807) is 0 Å². The SMILES string of the molecule is CCC(CC)CNC(=O)N[C@H](C(=O)O)[C@@H](C)CC. The molecule has 0 rings (SSSR count). The second-order valence-corrected chi connectivity index (χ2v) is 4.74. The van der Waals surface area contributed by atoms with Crippen molar-refractivity contribution in [3.63, 3.8) is 0 Å². The Kier molecular flexibility index (Phi) is 8.16. The normalized spacial score (nSPS) is 14.1. The Balaban J connectivity index is 4.22. The topological polar surface area (TPSA) is 78.4 Å². The summed E-state index contributed by atoms with van der Waals surface area (Å²) in [6, 6.07) is -1.22. The van der Waals surface area contributed by atoms with Crippen LogP contribution in [-0.4, -0.2) is 29.7 Å². The van der Waals surface area contributed by atoms with Gasteiger partial charge < -0.3 is 15.7 Å². The van der Waals surface area contributed by atoms with Crippen molar-refractivity contribution < 1.29 is 14.7 Å². The maximum absolute atomic E-state index is 11.6. The third kappa shape index (κ3) is 5.89. The van der Waals surface area contributed by atoms with Gasteiger partial charge in [0, 0.05) is 6.54 Å². The van der Waals surface area contributed by atoms with Gasteiger partial charge in [0.15, 0.2) is 0 Å². The molecule has 0 saturated heterocycles. The summed E-state index contributed by atoms with van der Waals surface area (Å²) in [6.45, 7) is 8.47. The lowest BCUT2D eigenvalue weighted by Gasteiger charge is -2.21. The van der Waals surface area contributed by atoms with E-state index in [-0.39, 0.29) is 5.92 Å². The molecule has 0 saturated carbocycles. The van der Waals surface area contributed by atoms with E-state index in [0.717, 1.165) is 12.8 Å². The summed E-state index contributed by atoms with van der Waals surface area (Å²) in [4.78, 5) is 22.7. The second kappa shape index (κ2) is 8.78. The fourth-order valence-electron chi connectivity index (χ4n) is 1.69. The summed E-state index contributed by atoms with van der Waals surface area (Å²) in [6.07, 6.45) is 2.72.